The Bertz CT molecular complexity index is 1120. The Morgan fingerprint density at radius 3 is 2.70 bits per heavy atom. The number of ether oxygens (including phenoxy) is 3. The van der Waals surface area contributed by atoms with E-state index in [0.717, 1.165) is 16.7 Å². The summed E-state index contributed by atoms with van der Waals surface area (Å²) in [5, 5.41) is -0.548. The predicted molar refractivity (Wildman–Crippen MR) is 125 cm³/mol. The summed E-state index contributed by atoms with van der Waals surface area (Å²) in [5.74, 6) is -0.796. The normalized spacial score (nSPS) is 15.7. The van der Waals surface area contributed by atoms with E-state index in [9.17, 15) is 18.8 Å². The van der Waals surface area contributed by atoms with Crippen LogP contribution in [0.25, 0.3) is 6.08 Å². The van der Waals surface area contributed by atoms with Crippen molar-refractivity contribution in [2.75, 3.05) is 13.7 Å². The molecule has 1 saturated heterocycles. The maximum atomic E-state index is 13.4. The first-order valence-corrected chi connectivity index (χ1v) is 11.5. The lowest BCUT2D eigenvalue weighted by molar-refractivity contribution is -0.150. The van der Waals surface area contributed by atoms with E-state index in [1.807, 2.05) is 0 Å². The Kier molecular flexibility index (Phi) is 8.15. The standard InChI is InChI=1S/C23H21BrFNO6S/c1-4-31-22(28)13(2)26-21(27)19(33-23(26)29)11-15-9-17(24)20(18(10-15)30-3)32-12-14-6-5-7-16(25)8-14/h5-11,13H,4,12H2,1-3H3/b19-11+/t13-/m0/s1. The van der Waals surface area contributed by atoms with Gasteiger partial charge in [0, 0.05) is 0 Å². The van der Waals surface area contributed by atoms with E-state index in [1.54, 1.807) is 31.2 Å². The molecule has 3 rings (SSSR count). The average molecular weight is 538 g/mol. The molecule has 1 heterocycles. The van der Waals surface area contributed by atoms with Crippen molar-refractivity contribution in [1.29, 1.82) is 0 Å². The fraction of sp³-hybridized carbons (Fsp3) is 0.261. The minimum absolute atomic E-state index is 0.122. The molecule has 1 aliphatic rings. The Morgan fingerprint density at radius 2 is 2.03 bits per heavy atom. The molecule has 33 heavy (non-hydrogen) atoms. The van der Waals surface area contributed by atoms with Crippen molar-refractivity contribution in [3.05, 3.63) is 62.7 Å². The van der Waals surface area contributed by atoms with Crippen molar-refractivity contribution in [3.63, 3.8) is 0 Å². The first-order valence-electron chi connectivity index (χ1n) is 9.93. The maximum Gasteiger partial charge on any atom is 0.329 e. The van der Waals surface area contributed by atoms with Crippen molar-refractivity contribution in [1.82, 2.24) is 4.90 Å². The van der Waals surface area contributed by atoms with E-state index in [1.165, 1.54) is 32.2 Å². The number of carbonyl (C=O) groups is 3. The summed E-state index contributed by atoms with van der Waals surface area (Å²) in [4.78, 5) is 38.2. The van der Waals surface area contributed by atoms with E-state index in [4.69, 9.17) is 14.2 Å². The van der Waals surface area contributed by atoms with Gasteiger partial charge in [0.05, 0.1) is 23.1 Å². The lowest BCUT2D eigenvalue weighted by atomic mass is 10.1. The Labute approximate surface area is 203 Å². The zero-order valence-corrected chi connectivity index (χ0v) is 20.5. The van der Waals surface area contributed by atoms with Crippen molar-refractivity contribution < 1.29 is 33.0 Å². The monoisotopic (exact) mass is 537 g/mol. The van der Waals surface area contributed by atoms with Gasteiger partial charge in [-0.1, -0.05) is 12.1 Å². The number of thioether (sulfide) groups is 1. The number of halogens is 2. The number of nitrogens with zero attached hydrogens (tertiary/aromatic N) is 1. The molecule has 0 unspecified atom stereocenters. The number of rotatable bonds is 8. The van der Waals surface area contributed by atoms with Crippen LogP contribution in [0.1, 0.15) is 25.0 Å². The number of esters is 1. The molecular formula is C23H21BrFNO6S. The van der Waals surface area contributed by atoms with Gasteiger partial charge in [-0.3, -0.25) is 14.5 Å². The average Bonchev–Trinajstić information content (AvgIpc) is 3.05. The molecular weight excluding hydrogens is 517 g/mol. The van der Waals surface area contributed by atoms with E-state index in [2.05, 4.69) is 15.9 Å². The van der Waals surface area contributed by atoms with Crippen LogP contribution in [0.5, 0.6) is 11.5 Å². The number of imide groups is 1. The van der Waals surface area contributed by atoms with E-state index in [0.29, 0.717) is 27.1 Å². The molecule has 0 aliphatic carbocycles. The van der Waals surface area contributed by atoms with Gasteiger partial charge in [-0.15, -0.1) is 0 Å². The summed E-state index contributed by atoms with van der Waals surface area (Å²) in [6, 6.07) is 8.39. The minimum Gasteiger partial charge on any atom is -0.493 e. The van der Waals surface area contributed by atoms with Crippen molar-refractivity contribution in [2.24, 2.45) is 0 Å². The zero-order valence-electron chi connectivity index (χ0n) is 18.1. The third kappa shape index (κ3) is 5.75. The van der Waals surface area contributed by atoms with Gasteiger partial charge in [0.25, 0.3) is 11.1 Å². The molecule has 174 valence electrons. The molecule has 1 atom stereocenters. The molecule has 1 aliphatic heterocycles. The number of carbonyl (C=O) groups excluding carboxylic acids is 3. The Hall–Kier alpha value is -2.85. The van der Waals surface area contributed by atoms with Gasteiger partial charge in [0.1, 0.15) is 18.5 Å². The summed E-state index contributed by atoms with van der Waals surface area (Å²) in [6.07, 6.45) is 1.53. The topological polar surface area (TPSA) is 82.1 Å². The molecule has 0 saturated carbocycles. The fourth-order valence-electron chi connectivity index (χ4n) is 3.08. The summed E-state index contributed by atoms with van der Waals surface area (Å²) >= 11 is 4.18. The number of methoxy groups -OCH3 is 1. The molecule has 10 heteroatoms. The van der Waals surface area contributed by atoms with Crippen molar-refractivity contribution >= 4 is 50.9 Å². The second-order valence-corrected chi connectivity index (χ2v) is 8.78. The highest BCUT2D eigenvalue weighted by Gasteiger charge is 2.41. The molecule has 0 radical (unpaired) electrons. The number of hydrogen-bond donors (Lipinski definition) is 0. The van der Waals surface area contributed by atoms with Crippen molar-refractivity contribution in [3.8, 4) is 11.5 Å². The fourth-order valence-corrected chi connectivity index (χ4v) is 4.56. The van der Waals surface area contributed by atoms with Crippen LogP contribution < -0.4 is 9.47 Å². The quantitative estimate of drug-likeness (QED) is 0.339. The molecule has 2 aromatic rings. The van der Waals surface area contributed by atoms with E-state index in [-0.39, 0.29) is 23.9 Å². The second kappa shape index (κ2) is 10.8. The first-order chi connectivity index (χ1) is 15.7. The highest BCUT2D eigenvalue weighted by molar-refractivity contribution is 9.10. The highest BCUT2D eigenvalue weighted by Crippen LogP contribution is 2.40. The number of amides is 2. The van der Waals surface area contributed by atoms with Crippen LogP contribution in [0.3, 0.4) is 0 Å². The van der Waals surface area contributed by atoms with Crippen LogP contribution in [0.15, 0.2) is 45.8 Å². The van der Waals surface area contributed by atoms with Crippen LogP contribution in [0, 0.1) is 5.82 Å². The van der Waals surface area contributed by atoms with Gasteiger partial charge in [0.15, 0.2) is 11.5 Å². The van der Waals surface area contributed by atoms with Gasteiger partial charge >= 0.3 is 5.97 Å². The van der Waals surface area contributed by atoms with Crippen LogP contribution >= 0.6 is 27.7 Å². The van der Waals surface area contributed by atoms with Crippen LogP contribution in [0.4, 0.5) is 9.18 Å². The third-order valence-electron chi connectivity index (χ3n) is 4.66. The van der Waals surface area contributed by atoms with Gasteiger partial charge in [-0.25, -0.2) is 9.18 Å². The lowest BCUT2D eigenvalue weighted by Gasteiger charge is -2.19. The molecule has 2 aromatic carbocycles. The zero-order chi connectivity index (χ0) is 24.1. The van der Waals surface area contributed by atoms with Gasteiger partial charge in [-0.2, -0.15) is 0 Å². The maximum absolute atomic E-state index is 13.4. The Morgan fingerprint density at radius 1 is 1.27 bits per heavy atom. The molecule has 0 bridgehead atoms. The Balaban J connectivity index is 1.82. The molecule has 0 aromatic heterocycles. The summed E-state index contributed by atoms with van der Waals surface area (Å²) in [6.45, 7) is 3.37. The molecule has 7 nitrogen and oxygen atoms in total. The molecule has 0 N–H and O–H groups in total. The second-order valence-electron chi connectivity index (χ2n) is 6.93. The lowest BCUT2D eigenvalue weighted by Crippen LogP contribution is -2.42. The summed E-state index contributed by atoms with van der Waals surface area (Å²) in [7, 11) is 1.47. The highest BCUT2D eigenvalue weighted by atomic mass is 79.9. The minimum atomic E-state index is -1.02. The molecule has 2 amide bonds. The summed E-state index contributed by atoms with van der Waals surface area (Å²) in [5.41, 5.74) is 1.23. The SMILES string of the molecule is CCOC(=O)[C@H](C)N1C(=O)S/C(=C/c2cc(Br)c(OCc3cccc(F)c3)c(OC)c2)C1=O. The van der Waals surface area contributed by atoms with E-state index >= 15 is 0 Å². The van der Waals surface area contributed by atoms with Gasteiger partial charge < -0.3 is 14.2 Å². The van der Waals surface area contributed by atoms with E-state index < -0.39 is 23.2 Å². The first kappa shape index (κ1) is 24.8. The van der Waals surface area contributed by atoms with Crippen LogP contribution in [-0.2, 0) is 20.9 Å². The molecule has 1 fully saturated rings. The predicted octanol–water partition coefficient (Wildman–Crippen LogP) is 5.16. The summed E-state index contributed by atoms with van der Waals surface area (Å²) < 4.78 is 30.1. The van der Waals surface area contributed by atoms with Gasteiger partial charge in [0.2, 0.25) is 0 Å². The number of benzene rings is 2. The molecule has 0 spiro atoms. The van der Waals surface area contributed by atoms with Crippen LogP contribution in [0.2, 0.25) is 0 Å². The smallest absolute Gasteiger partial charge is 0.329 e. The largest absolute Gasteiger partial charge is 0.493 e. The number of hydrogen-bond acceptors (Lipinski definition) is 7. The van der Waals surface area contributed by atoms with Gasteiger partial charge in [-0.05, 0) is 83.0 Å². The van der Waals surface area contributed by atoms with Crippen LogP contribution in [-0.4, -0.2) is 41.8 Å². The third-order valence-corrected chi connectivity index (χ3v) is 6.13. The van der Waals surface area contributed by atoms with Crippen molar-refractivity contribution in [2.45, 2.75) is 26.5 Å².